The number of rotatable bonds is 9. The van der Waals surface area contributed by atoms with Crippen LogP contribution in [0.5, 0.6) is 11.5 Å². The number of hydrogen-bond donors (Lipinski definition) is 0. The minimum absolute atomic E-state index is 0.204. The Hall–Kier alpha value is -4.46. The molecule has 8 heteroatoms. The van der Waals surface area contributed by atoms with Crippen molar-refractivity contribution in [2.45, 2.75) is 46.6 Å². The second-order valence-electron chi connectivity index (χ2n) is 9.46. The smallest absolute Gasteiger partial charge is 0.347 e. The first-order valence-electron chi connectivity index (χ1n) is 12.9. The maximum atomic E-state index is 13.6. The van der Waals surface area contributed by atoms with Gasteiger partial charge in [0.25, 0.3) is 5.56 Å². The number of para-hydroxylation sites is 1. The maximum absolute atomic E-state index is 13.6. The lowest BCUT2D eigenvalue weighted by molar-refractivity contribution is -0.150. The summed E-state index contributed by atoms with van der Waals surface area (Å²) in [5, 5.41) is 5.05. The van der Waals surface area contributed by atoms with Crippen LogP contribution in [-0.4, -0.2) is 41.7 Å². The molecule has 1 heterocycles. The third-order valence-electron chi connectivity index (χ3n) is 6.33. The van der Waals surface area contributed by atoms with Crippen molar-refractivity contribution in [1.29, 1.82) is 0 Å². The van der Waals surface area contributed by atoms with E-state index in [9.17, 15) is 9.59 Å². The van der Waals surface area contributed by atoms with Gasteiger partial charge >= 0.3 is 5.97 Å². The number of carbonyl (C=O) groups is 1. The molecular formula is C31H33N3O5. The predicted molar refractivity (Wildman–Crippen MR) is 153 cm³/mol. The summed E-state index contributed by atoms with van der Waals surface area (Å²) in [5.74, 6) is 1.54. The minimum Gasteiger partial charge on any atom is -0.496 e. The number of carbonyl (C=O) groups excluding carboxylic acids is 1. The van der Waals surface area contributed by atoms with E-state index in [0.29, 0.717) is 29.1 Å². The fourth-order valence-electron chi connectivity index (χ4n) is 4.24. The Kier molecular flexibility index (Phi) is 8.44. The zero-order chi connectivity index (χ0) is 28.1. The molecule has 0 spiro atoms. The van der Waals surface area contributed by atoms with Gasteiger partial charge in [-0.2, -0.15) is 9.78 Å². The molecule has 0 fully saturated rings. The first-order valence-corrected chi connectivity index (χ1v) is 12.9. The standard InChI is InChI=1S/C31H33N3O5/c1-7-38-31(36)21(5)39-23-14-12-22(13-15-23)18-32-34-29(33-27-11-9-8-10-24(27)30(34)35)26-17-25(19(2)3)28(37-6)16-20(26)4/h8-19,21H,7H2,1-6H3/t21-/m0/s1. The van der Waals surface area contributed by atoms with Crippen LogP contribution in [0.25, 0.3) is 22.3 Å². The van der Waals surface area contributed by atoms with Crippen LogP contribution in [0, 0.1) is 6.92 Å². The van der Waals surface area contributed by atoms with Gasteiger partial charge in [0.1, 0.15) is 11.5 Å². The number of ether oxygens (including phenoxy) is 3. The molecule has 39 heavy (non-hydrogen) atoms. The van der Waals surface area contributed by atoms with Gasteiger partial charge in [-0.3, -0.25) is 4.79 Å². The molecule has 0 aliphatic heterocycles. The van der Waals surface area contributed by atoms with Crippen molar-refractivity contribution in [2.24, 2.45) is 5.10 Å². The van der Waals surface area contributed by atoms with E-state index in [1.807, 2.05) is 37.3 Å². The third kappa shape index (κ3) is 6.00. The number of hydrogen-bond acceptors (Lipinski definition) is 7. The monoisotopic (exact) mass is 527 g/mol. The van der Waals surface area contributed by atoms with Crippen LogP contribution in [0.3, 0.4) is 0 Å². The Morgan fingerprint density at radius 1 is 1.08 bits per heavy atom. The first kappa shape index (κ1) is 27.6. The van der Waals surface area contributed by atoms with Gasteiger partial charge in [-0.15, -0.1) is 0 Å². The van der Waals surface area contributed by atoms with Crippen LogP contribution in [-0.2, 0) is 9.53 Å². The molecule has 0 aliphatic carbocycles. The Bertz CT molecular complexity index is 1570. The van der Waals surface area contributed by atoms with E-state index in [2.05, 4.69) is 18.9 Å². The van der Waals surface area contributed by atoms with Crippen LogP contribution in [0.4, 0.5) is 0 Å². The van der Waals surface area contributed by atoms with Gasteiger partial charge in [0.15, 0.2) is 11.9 Å². The van der Waals surface area contributed by atoms with Crippen LogP contribution in [0.2, 0.25) is 0 Å². The summed E-state index contributed by atoms with van der Waals surface area (Å²) in [4.78, 5) is 30.3. The molecule has 0 aliphatic rings. The van der Waals surface area contributed by atoms with Gasteiger partial charge in [-0.25, -0.2) is 9.78 Å². The van der Waals surface area contributed by atoms with Gasteiger partial charge in [0.2, 0.25) is 0 Å². The van der Waals surface area contributed by atoms with Crippen molar-refractivity contribution in [3.63, 3.8) is 0 Å². The number of aromatic nitrogens is 2. The van der Waals surface area contributed by atoms with Crippen molar-refractivity contribution in [3.05, 3.63) is 87.7 Å². The highest BCUT2D eigenvalue weighted by Gasteiger charge is 2.19. The lowest BCUT2D eigenvalue weighted by atomic mass is 9.96. The molecule has 4 rings (SSSR count). The summed E-state index contributed by atoms with van der Waals surface area (Å²) in [6.45, 7) is 9.84. The van der Waals surface area contributed by atoms with Crippen LogP contribution in [0.1, 0.15) is 50.3 Å². The first-order chi connectivity index (χ1) is 18.7. The zero-order valence-electron chi connectivity index (χ0n) is 23.1. The number of esters is 1. The number of fused-ring (bicyclic) bond motifs is 1. The SMILES string of the molecule is CCOC(=O)[C@H](C)Oc1ccc(C=Nn2c(-c3cc(C(C)C)c(OC)cc3C)nc3ccccc3c2=O)cc1. The number of methoxy groups -OCH3 is 1. The Morgan fingerprint density at radius 3 is 2.46 bits per heavy atom. The molecule has 4 aromatic rings. The highest BCUT2D eigenvalue weighted by atomic mass is 16.6. The number of benzene rings is 3. The summed E-state index contributed by atoms with van der Waals surface area (Å²) in [7, 11) is 1.66. The van der Waals surface area contributed by atoms with E-state index in [1.54, 1.807) is 57.5 Å². The van der Waals surface area contributed by atoms with Crippen molar-refractivity contribution in [3.8, 4) is 22.9 Å². The van der Waals surface area contributed by atoms with E-state index in [1.165, 1.54) is 4.68 Å². The molecule has 0 unspecified atom stereocenters. The second kappa shape index (κ2) is 11.9. The average molecular weight is 528 g/mol. The summed E-state index contributed by atoms with van der Waals surface area (Å²) in [6.07, 6.45) is 0.875. The quantitative estimate of drug-likeness (QED) is 0.204. The van der Waals surface area contributed by atoms with Crippen molar-refractivity contribution < 1.29 is 19.0 Å². The van der Waals surface area contributed by atoms with E-state index in [0.717, 1.165) is 28.0 Å². The molecule has 0 amide bonds. The molecule has 0 bridgehead atoms. The molecule has 0 radical (unpaired) electrons. The molecule has 0 saturated heterocycles. The predicted octanol–water partition coefficient (Wildman–Crippen LogP) is 5.72. The van der Waals surface area contributed by atoms with Crippen LogP contribution < -0.4 is 15.0 Å². The van der Waals surface area contributed by atoms with E-state index >= 15 is 0 Å². The highest BCUT2D eigenvalue weighted by Crippen LogP contribution is 2.34. The summed E-state index contributed by atoms with van der Waals surface area (Å²) in [6, 6.07) is 18.3. The summed E-state index contributed by atoms with van der Waals surface area (Å²) >= 11 is 0. The van der Waals surface area contributed by atoms with Crippen molar-refractivity contribution >= 4 is 23.1 Å². The van der Waals surface area contributed by atoms with Crippen molar-refractivity contribution in [1.82, 2.24) is 9.66 Å². The molecule has 3 aromatic carbocycles. The average Bonchev–Trinajstić information content (AvgIpc) is 2.93. The Labute approximate surface area is 227 Å². The topological polar surface area (TPSA) is 92.0 Å². The summed E-state index contributed by atoms with van der Waals surface area (Å²) in [5.41, 5.74) is 3.81. The molecule has 1 atom stereocenters. The fourth-order valence-corrected chi connectivity index (χ4v) is 4.24. The maximum Gasteiger partial charge on any atom is 0.347 e. The molecule has 8 nitrogen and oxygen atoms in total. The van der Waals surface area contributed by atoms with Gasteiger partial charge in [0, 0.05) is 5.56 Å². The summed E-state index contributed by atoms with van der Waals surface area (Å²) < 4.78 is 17.6. The highest BCUT2D eigenvalue weighted by molar-refractivity contribution is 5.82. The fraction of sp³-hybridized carbons (Fsp3) is 0.290. The van der Waals surface area contributed by atoms with Gasteiger partial charge in [0.05, 0.1) is 30.8 Å². The molecule has 1 aromatic heterocycles. The van der Waals surface area contributed by atoms with Crippen molar-refractivity contribution in [2.75, 3.05) is 13.7 Å². The van der Waals surface area contributed by atoms with E-state index in [-0.39, 0.29) is 11.5 Å². The molecule has 202 valence electrons. The van der Waals surface area contributed by atoms with E-state index in [4.69, 9.17) is 19.2 Å². The lowest BCUT2D eigenvalue weighted by Crippen LogP contribution is -2.26. The normalized spacial score (nSPS) is 12.2. The minimum atomic E-state index is -0.724. The third-order valence-corrected chi connectivity index (χ3v) is 6.33. The van der Waals surface area contributed by atoms with Gasteiger partial charge in [-0.05, 0) is 91.9 Å². The lowest BCUT2D eigenvalue weighted by Gasteiger charge is -2.17. The van der Waals surface area contributed by atoms with Gasteiger partial charge < -0.3 is 14.2 Å². The van der Waals surface area contributed by atoms with Gasteiger partial charge in [-0.1, -0.05) is 26.0 Å². The molecular weight excluding hydrogens is 494 g/mol. The number of nitrogens with zero attached hydrogens (tertiary/aromatic N) is 3. The Morgan fingerprint density at radius 2 is 1.79 bits per heavy atom. The second-order valence-corrected chi connectivity index (χ2v) is 9.46. The number of aryl methyl sites for hydroxylation is 1. The van der Waals surface area contributed by atoms with E-state index < -0.39 is 12.1 Å². The Balaban J connectivity index is 1.76. The zero-order valence-corrected chi connectivity index (χ0v) is 23.1. The molecule has 0 N–H and O–H groups in total. The van der Waals surface area contributed by atoms with Crippen LogP contribution >= 0.6 is 0 Å². The largest absolute Gasteiger partial charge is 0.496 e. The molecule has 0 saturated carbocycles. The van der Waals surface area contributed by atoms with Crippen LogP contribution in [0.15, 0.2) is 70.6 Å².